The van der Waals surface area contributed by atoms with E-state index in [1.54, 1.807) is 37.4 Å². The van der Waals surface area contributed by atoms with Gasteiger partial charge in [0.15, 0.2) is 37.9 Å². The van der Waals surface area contributed by atoms with Crippen molar-refractivity contribution in [2.24, 2.45) is 0 Å². The number of amides is 2. The van der Waals surface area contributed by atoms with Gasteiger partial charge < -0.3 is 30.4 Å². The molecule has 4 rings (SSSR count). The third kappa shape index (κ3) is 8.87. The minimum Gasteiger partial charge on any atom is -0.537 e. The number of carbonyl (C=O) groups is 2. The van der Waals surface area contributed by atoms with Gasteiger partial charge in [-0.15, -0.1) is 0 Å². The van der Waals surface area contributed by atoms with Crippen molar-refractivity contribution in [3.63, 3.8) is 0 Å². The number of carbonyl (C=O) groups excluding carboxylic acids is 2. The van der Waals surface area contributed by atoms with E-state index in [-0.39, 0.29) is 11.8 Å². The molecule has 0 saturated heterocycles. The number of para-hydroxylation sites is 1. The number of hydrogen-bond acceptors (Lipinski definition) is 6. The Hall–Kier alpha value is -4.77. The van der Waals surface area contributed by atoms with Gasteiger partial charge in [-0.3, -0.25) is 9.59 Å². The van der Waals surface area contributed by atoms with Gasteiger partial charge >= 0.3 is 14.8 Å². The minimum absolute atomic E-state index is 0.221. The molecule has 1 radical (unpaired) electrons. The van der Waals surface area contributed by atoms with Gasteiger partial charge in [-0.25, -0.2) is 4.57 Å². The third-order valence-electron chi connectivity index (χ3n) is 6.88. The SMILES string of the molecule is C=C(C)C(=O)NCCCNC(=O)c1cc(-c2ccc[n+](Cc3ccccc3O[B]O)c2)c[n+](Cc2ccccc2B(O)O)c1. The van der Waals surface area contributed by atoms with Crippen molar-refractivity contribution in [3.8, 4) is 16.9 Å². The molecule has 0 saturated carbocycles. The third-order valence-corrected chi connectivity index (χ3v) is 6.88. The van der Waals surface area contributed by atoms with Crippen molar-refractivity contribution in [1.82, 2.24) is 10.6 Å². The van der Waals surface area contributed by atoms with Gasteiger partial charge in [0.25, 0.3) is 5.91 Å². The van der Waals surface area contributed by atoms with Crippen LogP contribution in [0.2, 0.25) is 0 Å². The molecule has 0 spiro atoms. The number of rotatable bonds is 14. The van der Waals surface area contributed by atoms with E-state index in [0.29, 0.717) is 68.2 Å². The minimum atomic E-state index is -1.63. The molecule has 0 aliphatic carbocycles. The summed E-state index contributed by atoms with van der Waals surface area (Å²) < 4.78 is 9.06. The van der Waals surface area contributed by atoms with Crippen molar-refractivity contribution in [2.75, 3.05) is 13.1 Å². The van der Waals surface area contributed by atoms with Gasteiger partial charge in [-0.2, -0.15) is 4.57 Å². The van der Waals surface area contributed by atoms with Crippen LogP contribution in [0, 0.1) is 0 Å². The second-order valence-electron chi connectivity index (χ2n) is 10.3. The quantitative estimate of drug-likeness (QED) is 0.0623. The lowest BCUT2D eigenvalue weighted by Crippen LogP contribution is -2.41. The van der Waals surface area contributed by atoms with Crippen molar-refractivity contribution >= 4 is 32.1 Å². The van der Waals surface area contributed by atoms with Crippen molar-refractivity contribution in [1.29, 1.82) is 0 Å². The number of hydrogen-bond donors (Lipinski definition) is 5. The summed E-state index contributed by atoms with van der Waals surface area (Å²) in [6, 6.07) is 20.1. The van der Waals surface area contributed by atoms with E-state index in [1.807, 2.05) is 70.2 Å². The molecular formula is C32H35B2N4O6+2. The van der Waals surface area contributed by atoms with Crippen LogP contribution in [-0.2, 0) is 17.9 Å². The summed E-state index contributed by atoms with van der Waals surface area (Å²) in [5.41, 5.74) is 4.41. The number of nitrogens with one attached hydrogen (secondary N) is 2. The molecule has 0 aliphatic rings. The van der Waals surface area contributed by atoms with Gasteiger partial charge in [0, 0.05) is 30.3 Å². The Balaban J connectivity index is 1.61. The van der Waals surface area contributed by atoms with Gasteiger partial charge in [-0.1, -0.05) is 43.0 Å². The van der Waals surface area contributed by atoms with Gasteiger partial charge in [0.2, 0.25) is 5.91 Å². The first-order chi connectivity index (χ1) is 21.2. The monoisotopic (exact) mass is 593 g/mol. The summed E-state index contributed by atoms with van der Waals surface area (Å²) in [4.78, 5) is 25.0. The van der Waals surface area contributed by atoms with Crippen LogP contribution in [0.4, 0.5) is 0 Å². The lowest BCUT2D eigenvalue weighted by molar-refractivity contribution is -0.689. The van der Waals surface area contributed by atoms with E-state index in [0.717, 1.165) is 16.7 Å². The fraction of sp³-hybridized carbons (Fsp3) is 0.188. The highest BCUT2D eigenvalue weighted by atomic mass is 16.5. The molecule has 0 fully saturated rings. The predicted molar refractivity (Wildman–Crippen MR) is 167 cm³/mol. The lowest BCUT2D eigenvalue weighted by atomic mass is 9.77. The van der Waals surface area contributed by atoms with E-state index in [4.69, 9.17) is 9.68 Å². The van der Waals surface area contributed by atoms with E-state index in [9.17, 15) is 19.6 Å². The summed E-state index contributed by atoms with van der Waals surface area (Å²) in [5, 5.41) is 34.6. The lowest BCUT2D eigenvalue weighted by Gasteiger charge is -2.10. The molecule has 2 amide bonds. The van der Waals surface area contributed by atoms with Gasteiger partial charge in [0.1, 0.15) is 11.3 Å². The van der Waals surface area contributed by atoms with Crippen LogP contribution < -0.4 is 29.9 Å². The molecule has 5 N–H and O–H groups in total. The van der Waals surface area contributed by atoms with E-state index >= 15 is 0 Å². The highest BCUT2D eigenvalue weighted by Crippen LogP contribution is 2.20. The molecule has 0 atom stereocenters. The summed E-state index contributed by atoms with van der Waals surface area (Å²) >= 11 is 0. The molecular weight excluding hydrogens is 558 g/mol. The van der Waals surface area contributed by atoms with Crippen LogP contribution >= 0.6 is 0 Å². The average molecular weight is 593 g/mol. The van der Waals surface area contributed by atoms with E-state index < -0.39 is 7.12 Å². The van der Waals surface area contributed by atoms with Crippen molar-refractivity contribution in [2.45, 2.75) is 26.4 Å². The zero-order valence-electron chi connectivity index (χ0n) is 24.5. The molecule has 223 valence electrons. The highest BCUT2D eigenvalue weighted by molar-refractivity contribution is 6.59. The fourth-order valence-electron chi connectivity index (χ4n) is 4.68. The standard InChI is InChI=1S/C32H33B2N4O6/c1-23(2)31(39)35-14-8-15-36-32(40)28-17-27(21-38(22-28)19-25-9-3-5-12-29(25)34(42)43)24-11-7-16-37(18-24)20-26-10-4-6-13-30(26)44-33-41/h3-7,9-13,16-18,21-22,41-43H,1,8,14-15,19-20H2,2H3/p+2. The fourth-order valence-corrected chi connectivity index (χ4v) is 4.68. The van der Waals surface area contributed by atoms with E-state index in [1.165, 1.54) is 0 Å². The topological polar surface area (TPSA) is 136 Å². The zero-order valence-corrected chi connectivity index (χ0v) is 24.5. The Morgan fingerprint density at radius 1 is 0.886 bits per heavy atom. The first kappa shape index (κ1) is 32.2. The maximum Gasteiger partial charge on any atom is 0.569 e. The molecule has 2 aromatic carbocycles. The number of pyridine rings is 2. The summed E-state index contributed by atoms with van der Waals surface area (Å²) in [7, 11) is -0.979. The maximum absolute atomic E-state index is 13.3. The molecule has 4 aromatic rings. The Labute approximate surface area is 257 Å². The molecule has 44 heavy (non-hydrogen) atoms. The first-order valence-electron chi connectivity index (χ1n) is 14.1. The molecule has 2 aromatic heterocycles. The van der Waals surface area contributed by atoms with Crippen molar-refractivity contribution in [3.05, 3.63) is 120 Å². The Morgan fingerprint density at radius 3 is 2.32 bits per heavy atom. The molecule has 10 nitrogen and oxygen atoms in total. The number of benzene rings is 2. The number of nitrogens with zero attached hydrogens (tertiary/aromatic N) is 2. The molecule has 0 unspecified atom stereocenters. The number of aromatic nitrogens is 2. The summed E-state index contributed by atoms with van der Waals surface area (Å²) in [6.45, 7) is 6.78. The Kier molecular flexibility index (Phi) is 11.4. The molecule has 0 aliphatic heterocycles. The van der Waals surface area contributed by atoms with Crippen LogP contribution in [-0.4, -0.2) is 54.8 Å². The molecule has 2 heterocycles. The molecule has 12 heteroatoms. The normalized spacial score (nSPS) is 10.5. The largest absolute Gasteiger partial charge is 0.569 e. The zero-order chi connectivity index (χ0) is 31.5. The van der Waals surface area contributed by atoms with Gasteiger partial charge in [-0.05, 0) is 43.1 Å². The van der Waals surface area contributed by atoms with Crippen molar-refractivity contribution < 1.29 is 38.4 Å². The van der Waals surface area contributed by atoms with Crippen LogP contribution in [0.15, 0.2) is 104 Å². The Morgan fingerprint density at radius 2 is 1.57 bits per heavy atom. The van der Waals surface area contributed by atoms with Gasteiger partial charge in [0.05, 0.1) is 16.7 Å². The van der Waals surface area contributed by atoms with Crippen LogP contribution in [0.3, 0.4) is 0 Å². The summed E-state index contributed by atoms with van der Waals surface area (Å²) in [5.74, 6) is 0.0342. The second-order valence-corrected chi connectivity index (χ2v) is 10.3. The smallest absolute Gasteiger partial charge is 0.537 e. The second kappa shape index (κ2) is 15.6. The Bertz CT molecular complexity index is 1630. The highest BCUT2D eigenvalue weighted by Gasteiger charge is 2.21. The van der Waals surface area contributed by atoms with Crippen LogP contribution in [0.25, 0.3) is 11.1 Å². The van der Waals surface area contributed by atoms with Crippen LogP contribution in [0.5, 0.6) is 5.75 Å². The predicted octanol–water partition coefficient (Wildman–Crippen LogP) is 0.422. The maximum atomic E-state index is 13.3. The average Bonchev–Trinajstić information content (AvgIpc) is 3.02. The summed E-state index contributed by atoms with van der Waals surface area (Å²) in [6.07, 6.45) is 8.04. The van der Waals surface area contributed by atoms with Crippen LogP contribution in [0.1, 0.15) is 34.8 Å². The molecule has 0 bridgehead atoms. The van der Waals surface area contributed by atoms with E-state index in [2.05, 4.69) is 17.2 Å². The first-order valence-corrected chi connectivity index (χ1v) is 14.1.